The minimum Gasteiger partial charge on any atom is -0.444 e. The first-order valence-electron chi connectivity index (χ1n) is 8.39. The molecule has 0 spiro atoms. The van der Waals surface area contributed by atoms with Gasteiger partial charge in [-0.2, -0.15) is 0 Å². The standard InChI is InChI=1S/C17H32N2O5/c1-16(2,3)23-14(20)18-9-10-19(13(12-18)8-11-22-7)15(21)24-17(4,5)6/h13H,8-12H2,1-7H3. The van der Waals surface area contributed by atoms with Crippen LogP contribution in [-0.2, 0) is 14.2 Å². The molecule has 1 fully saturated rings. The third-order valence-electron chi connectivity index (χ3n) is 3.42. The second-order valence-electron chi connectivity index (χ2n) is 8.04. The Morgan fingerprint density at radius 3 is 2.00 bits per heavy atom. The zero-order valence-corrected chi connectivity index (χ0v) is 16.0. The van der Waals surface area contributed by atoms with E-state index in [-0.39, 0.29) is 18.2 Å². The van der Waals surface area contributed by atoms with Crippen LogP contribution in [0.3, 0.4) is 0 Å². The van der Waals surface area contributed by atoms with Crippen LogP contribution in [0.1, 0.15) is 48.0 Å². The monoisotopic (exact) mass is 344 g/mol. The van der Waals surface area contributed by atoms with E-state index in [0.29, 0.717) is 32.7 Å². The second kappa shape index (κ2) is 8.05. The highest BCUT2D eigenvalue weighted by Gasteiger charge is 2.36. The van der Waals surface area contributed by atoms with Gasteiger partial charge in [-0.1, -0.05) is 0 Å². The Kier molecular flexibility index (Phi) is 6.89. The van der Waals surface area contributed by atoms with Gasteiger partial charge in [0.2, 0.25) is 0 Å². The highest BCUT2D eigenvalue weighted by molar-refractivity contribution is 5.71. The van der Waals surface area contributed by atoms with Gasteiger partial charge >= 0.3 is 12.2 Å². The predicted molar refractivity (Wildman–Crippen MR) is 91.0 cm³/mol. The van der Waals surface area contributed by atoms with Crippen molar-refractivity contribution in [2.75, 3.05) is 33.4 Å². The Bertz CT molecular complexity index is 439. The maximum absolute atomic E-state index is 12.4. The molecule has 24 heavy (non-hydrogen) atoms. The number of hydrogen-bond donors (Lipinski definition) is 0. The van der Waals surface area contributed by atoms with E-state index >= 15 is 0 Å². The highest BCUT2D eigenvalue weighted by atomic mass is 16.6. The molecule has 0 N–H and O–H groups in total. The number of carbonyl (C=O) groups is 2. The van der Waals surface area contributed by atoms with Crippen LogP contribution < -0.4 is 0 Å². The van der Waals surface area contributed by atoms with Gasteiger partial charge in [-0.15, -0.1) is 0 Å². The van der Waals surface area contributed by atoms with Gasteiger partial charge in [-0.25, -0.2) is 9.59 Å². The number of ether oxygens (including phenoxy) is 3. The lowest BCUT2D eigenvalue weighted by Crippen LogP contribution is -2.58. The number of carbonyl (C=O) groups excluding carboxylic acids is 2. The molecule has 1 aliphatic heterocycles. The summed E-state index contributed by atoms with van der Waals surface area (Å²) in [5, 5.41) is 0. The van der Waals surface area contributed by atoms with Crippen molar-refractivity contribution in [1.82, 2.24) is 9.80 Å². The van der Waals surface area contributed by atoms with Crippen molar-refractivity contribution in [1.29, 1.82) is 0 Å². The molecule has 7 nitrogen and oxygen atoms in total. The van der Waals surface area contributed by atoms with Crippen molar-refractivity contribution in [3.63, 3.8) is 0 Å². The van der Waals surface area contributed by atoms with Gasteiger partial charge in [-0.05, 0) is 48.0 Å². The number of rotatable bonds is 3. The Hall–Kier alpha value is -1.50. The van der Waals surface area contributed by atoms with E-state index < -0.39 is 11.2 Å². The third kappa shape index (κ3) is 6.95. The van der Waals surface area contributed by atoms with Crippen molar-refractivity contribution in [3.05, 3.63) is 0 Å². The molecule has 0 aromatic rings. The number of amides is 2. The van der Waals surface area contributed by atoms with Gasteiger partial charge in [0.1, 0.15) is 11.2 Å². The first-order chi connectivity index (χ1) is 10.9. The maximum atomic E-state index is 12.4. The largest absolute Gasteiger partial charge is 0.444 e. The summed E-state index contributed by atoms with van der Waals surface area (Å²) in [6, 6.07) is -0.152. The molecule has 7 heteroatoms. The summed E-state index contributed by atoms with van der Waals surface area (Å²) in [4.78, 5) is 28.0. The summed E-state index contributed by atoms with van der Waals surface area (Å²) in [6.45, 7) is 12.8. The summed E-state index contributed by atoms with van der Waals surface area (Å²) < 4.78 is 16.0. The molecule has 1 aliphatic rings. The van der Waals surface area contributed by atoms with Crippen molar-refractivity contribution in [2.45, 2.75) is 65.2 Å². The minimum atomic E-state index is -0.550. The lowest BCUT2D eigenvalue weighted by molar-refractivity contribution is -0.0186. The molecule has 0 radical (unpaired) electrons. The molecule has 1 atom stereocenters. The molecule has 2 amide bonds. The summed E-state index contributed by atoms with van der Waals surface area (Å²) in [5.74, 6) is 0. The predicted octanol–water partition coefficient (Wildman–Crippen LogP) is 2.88. The normalized spacial score (nSPS) is 19.2. The Morgan fingerprint density at radius 2 is 1.50 bits per heavy atom. The van der Waals surface area contributed by atoms with Crippen LogP contribution in [0.2, 0.25) is 0 Å². The molecule has 0 saturated carbocycles. The number of piperazine rings is 1. The summed E-state index contributed by atoms with van der Waals surface area (Å²) in [6.07, 6.45) is -0.0733. The summed E-state index contributed by atoms with van der Waals surface area (Å²) in [5.41, 5.74) is -1.09. The van der Waals surface area contributed by atoms with Crippen LogP contribution in [0.5, 0.6) is 0 Å². The molecule has 1 unspecified atom stereocenters. The van der Waals surface area contributed by atoms with Gasteiger partial charge in [-0.3, -0.25) is 0 Å². The fourth-order valence-corrected chi connectivity index (χ4v) is 2.41. The maximum Gasteiger partial charge on any atom is 0.410 e. The average molecular weight is 344 g/mol. The van der Waals surface area contributed by atoms with E-state index in [2.05, 4.69) is 0 Å². The van der Waals surface area contributed by atoms with Gasteiger partial charge in [0.25, 0.3) is 0 Å². The fraction of sp³-hybridized carbons (Fsp3) is 0.882. The molecule has 1 rings (SSSR count). The number of hydrogen-bond acceptors (Lipinski definition) is 5. The first-order valence-corrected chi connectivity index (χ1v) is 8.39. The molecule has 0 aliphatic carbocycles. The van der Waals surface area contributed by atoms with E-state index in [1.807, 2.05) is 41.5 Å². The second-order valence-corrected chi connectivity index (χ2v) is 8.04. The van der Waals surface area contributed by atoms with Crippen molar-refractivity contribution in [2.24, 2.45) is 0 Å². The zero-order chi connectivity index (χ0) is 18.5. The number of methoxy groups -OCH3 is 1. The summed E-state index contributed by atoms with van der Waals surface area (Å²) in [7, 11) is 1.62. The van der Waals surface area contributed by atoms with Gasteiger partial charge < -0.3 is 24.0 Å². The Morgan fingerprint density at radius 1 is 0.958 bits per heavy atom. The minimum absolute atomic E-state index is 0.152. The first kappa shape index (κ1) is 20.5. The molecule has 1 saturated heterocycles. The topological polar surface area (TPSA) is 68.3 Å². The van der Waals surface area contributed by atoms with Crippen molar-refractivity contribution >= 4 is 12.2 Å². The third-order valence-corrected chi connectivity index (χ3v) is 3.42. The summed E-state index contributed by atoms with van der Waals surface area (Å²) >= 11 is 0. The quantitative estimate of drug-likeness (QED) is 0.787. The number of nitrogens with zero attached hydrogens (tertiary/aromatic N) is 2. The van der Waals surface area contributed by atoms with E-state index in [9.17, 15) is 9.59 Å². The van der Waals surface area contributed by atoms with Crippen LogP contribution >= 0.6 is 0 Å². The molecule has 140 valence electrons. The van der Waals surface area contributed by atoms with Crippen molar-refractivity contribution in [3.8, 4) is 0 Å². The highest BCUT2D eigenvalue weighted by Crippen LogP contribution is 2.20. The molecular formula is C17H32N2O5. The van der Waals surface area contributed by atoms with Crippen molar-refractivity contribution < 1.29 is 23.8 Å². The smallest absolute Gasteiger partial charge is 0.410 e. The van der Waals surface area contributed by atoms with E-state index in [1.54, 1.807) is 16.9 Å². The van der Waals surface area contributed by atoms with Gasteiger partial charge in [0.05, 0.1) is 6.04 Å². The molecule has 0 bridgehead atoms. The van der Waals surface area contributed by atoms with E-state index in [0.717, 1.165) is 0 Å². The van der Waals surface area contributed by atoms with Crippen LogP contribution in [0, 0.1) is 0 Å². The fourth-order valence-electron chi connectivity index (χ4n) is 2.41. The van der Waals surface area contributed by atoms with Crippen LogP contribution in [0.25, 0.3) is 0 Å². The van der Waals surface area contributed by atoms with E-state index in [4.69, 9.17) is 14.2 Å². The average Bonchev–Trinajstić information content (AvgIpc) is 2.41. The van der Waals surface area contributed by atoms with Crippen LogP contribution in [0.4, 0.5) is 9.59 Å². The lowest BCUT2D eigenvalue weighted by atomic mass is 10.1. The Balaban J connectivity index is 2.76. The molecule has 0 aromatic carbocycles. The molecule has 1 heterocycles. The van der Waals surface area contributed by atoms with E-state index in [1.165, 1.54) is 0 Å². The molecular weight excluding hydrogens is 312 g/mol. The molecule has 0 aromatic heterocycles. The van der Waals surface area contributed by atoms with Crippen LogP contribution in [-0.4, -0.2) is 72.6 Å². The van der Waals surface area contributed by atoms with Gasteiger partial charge in [0, 0.05) is 33.4 Å². The Labute approximate surface area is 145 Å². The zero-order valence-electron chi connectivity index (χ0n) is 16.0. The lowest BCUT2D eigenvalue weighted by Gasteiger charge is -2.41. The van der Waals surface area contributed by atoms with Gasteiger partial charge in [0.15, 0.2) is 0 Å². The van der Waals surface area contributed by atoms with Crippen LogP contribution in [0.15, 0.2) is 0 Å². The SMILES string of the molecule is COCCC1CN(C(=O)OC(C)(C)C)CCN1C(=O)OC(C)(C)C.